The minimum Gasteiger partial charge on any atom is -0.503 e. The van der Waals surface area contributed by atoms with E-state index in [1.54, 1.807) is 29.6 Å². The molecule has 1 aromatic carbocycles. The molecule has 31 heavy (non-hydrogen) atoms. The number of Topliss-reactive ketones (excluding diaryl/α,β-unsaturated/α-hetero) is 1. The molecular formula is C22H15F3N2O3S. The highest BCUT2D eigenvalue weighted by atomic mass is 32.1. The Bertz CT molecular complexity index is 1160. The molecule has 0 fully saturated rings. The van der Waals surface area contributed by atoms with Crippen molar-refractivity contribution in [1.82, 2.24) is 9.88 Å². The summed E-state index contributed by atoms with van der Waals surface area (Å²) in [5.74, 6) is -2.03. The number of nitrogens with zero attached hydrogens (tertiary/aromatic N) is 2. The van der Waals surface area contributed by atoms with Gasteiger partial charge in [0, 0.05) is 18.9 Å². The minimum atomic E-state index is -4.53. The largest absolute Gasteiger partial charge is 0.503 e. The molecule has 3 aromatic rings. The maximum absolute atomic E-state index is 13.1. The lowest BCUT2D eigenvalue weighted by Gasteiger charge is -2.27. The number of hydrogen-bond acceptors (Lipinski definition) is 5. The van der Waals surface area contributed by atoms with Crippen molar-refractivity contribution in [3.05, 3.63) is 99.2 Å². The third kappa shape index (κ3) is 3.96. The molecular weight excluding hydrogens is 429 g/mol. The molecule has 1 unspecified atom stereocenters. The number of hydrogen-bond donors (Lipinski definition) is 1. The fourth-order valence-corrected chi connectivity index (χ4v) is 4.20. The molecule has 0 aliphatic carbocycles. The average Bonchev–Trinajstić information content (AvgIpc) is 3.37. The van der Waals surface area contributed by atoms with Crippen LogP contribution < -0.4 is 0 Å². The summed E-state index contributed by atoms with van der Waals surface area (Å²) in [6.45, 7) is -0.221. The first-order valence-corrected chi connectivity index (χ1v) is 10.0. The van der Waals surface area contributed by atoms with Crippen molar-refractivity contribution in [3.8, 4) is 0 Å². The maximum Gasteiger partial charge on any atom is 0.416 e. The van der Waals surface area contributed by atoms with Crippen molar-refractivity contribution in [3.63, 3.8) is 0 Å². The molecule has 3 heterocycles. The Morgan fingerprint density at radius 2 is 1.87 bits per heavy atom. The third-order valence-corrected chi connectivity index (χ3v) is 5.79. The lowest BCUT2D eigenvalue weighted by Crippen LogP contribution is -2.30. The van der Waals surface area contributed by atoms with Gasteiger partial charge in [0.15, 0.2) is 5.76 Å². The van der Waals surface area contributed by atoms with E-state index in [1.807, 2.05) is 0 Å². The van der Waals surface area contributed by atoms with Crippen LogP contribution in [-0.2, 0) is 17.5 Å². The number of amides is 1. The molecule has 1 amide bonds. The number of aromatic nitrogens is 1. The van der Waals surface area contributed by atoms with Gasteiger partial charge in [-0.25, -0.2) is 0 Å². The molecule has 1 atom stereocenters. The Morgan fingerprint density at radius 1 is 1.13 bits per heavy atom. The third-order valence-electron chi connectivity index (χ3n) is 4.92. The molecule has 4 rings (SSSR count). The normalized spacial score (nSPS) is 16.8. The van der Waals surface area contributed by atoms with Crippen molar-refractivity contribution in [2.24, 2.45) is 0 Å². The highest BCUT2D eigenvalue weighted by Gasteiger charge is 2.44. The lowest BCUT2D eigenvalue weighted by atomic mass is 9.96. The highest BCUT2D eigenvalue weighted by Crippen LogP contribution is 2.40. The minimum absolute atomic E-state index is 0.106. The molecule has 0 spiro atoms. The molecule has 0 saturated carbocycles. The standard InChI is InChI=1S/C22H15F3N2O3S/c23-22(24,25)15-4-1-3-13(11-15)12-27-18(14-6-8-26-9-7-14)17(20(29)21(27)30)19(28)16-5-2-10-31-16/h1-11,18,29H,12H2. The van der Waals surface area contributed by atoms with Crippen LogP contribution in [0.4, 0.5) is 13.2 Å². The van der Waals surface area contributed by atoms with Gasteiger partial charge in [-0.15, -0.1) is 11.3 Å². The average molecular weight is 444 g/mol. The van der Waals surface area contributed by atoms with E-state index in [-0.39, 0.29) is 17.7 Å². The fraction of sp³-hybridized carbons (Fsp3) is 0.136. The predicted molar refractivity (Wildman–Crippen MR) is 107 cm³/mol. The van der Waals surface area contributed by atoms with Crippen LogP contribution >= 0.6 is 11.3 Å². The van der Waals surface area contributed by atoms with E-state index in [0.29, 0.717) is 10.4 Å². The molecule has 1 N–H and O–H groups in total. The first-order chi connectivity index (χ1) is 14.8. The number of pyridine rings is 1. The molecule has 1 aliphatic heterocycles. The van der Waals surface area contributed by atoms with Crippen molar-refractivity contribution >= 4 is 23.0 Å². The van der Waals surface area contributed by atoms with Crippen LogP contribution in [0.2, 0.25) is 0 Å². The number of aliphatic hydroxyl groups is 1. The predicted octanol–water partition coefficient (Wildman–Crippen LogP) is 4.94. The van der Waals surface area contributed by atoms with Crippen LogP contribution in [0.5, 0.6) is 0 Å². The van der Waals surface area contributed by atoms with E-state index in [1.165, 1.54) is 40.8 Å². The number of ketones is 1. The molecule has 158 valence electrons. The summed E-state index contributed by atoms with van der Waals surface area (Å²) in [6, 6.07) is 10.1. The van der Waals surface area contributed by atoms with Crippen LogP contribution in [-0.4, -0.2) is 26.7 Å². The Hall–Kier alpha value is -3.46. The van der Waals surface area contributed by atoms with Crippen LogP contribution in [0.3, 0.4) is 0 Å². The van der Waals surface area contributed by atoms with Gasteiger partial charge in [0.1, 0.15) is 0 Å². The molecule has 9 heteroatoms. The van der Waals surface area contributed by atoms with Crippen molar-refractivity contribution in [2.45, 2.75) is 18.8 Å². The highest BCUT2D eigenvalue weighted by molar-refractivity contribution is 7.12. The first kappa shape index (κ1) is 20.8. The van der Waals surface area contributed by atoms with Gasteiger partial charge in [-0.05, 0) is 46.8 Å². The van der Waals surface area contributed by atoms with Crippen LogP contribution in [0.25, 0.3) is 0 Å². The van der Waals surface area contributed by atoms with Gasteiger partial charge < -0.3 is 10.0 Å². The van der Waals surface area contributed by atoms with E-state index in [0.717, 1.165) is 12.1 Å². The van der Waals surface area contributed by atoms with E-state index < -0.39 is 35.2 Å². The van der Waals surface area contributed by atoms with E-state index >= 15 is 0 Å². The van der Waals surface area contributed by atoms with Gasteiger partial charge in [0.05, 0.1) is 22.1 Å². The zero-order valence-electron chi connectivity index (χ0n) is 15.8. The monoisotopic (exact) mass is 444 g/mol. The molecule has 0 radical (unpaired) electrons. The molecule has 5 nitrogen and oxygen atoms in total. The summed E-state index contributed by atoms with van der Waals surface area (Å²) in [5, 5.41) is 12.3. The smallest absolute Gasteiger partial charge is 0.416 e. The Balaban J connectivity index is 1.76. The second-order valence-electron chi connectivity index (χ2n) is 6.88. The second-order valence-corrected chi connectivity index (χ2v) is 7.83. The topological polar surface area (TPSA) is 70.5 Å². The van der Waals surface area contributed by atoms with E-state index in [4.69, 9.17) is 0 Å². The second kappa shape index (κ2) is 7.99. The number of carbonyl (C=O) groups is 2. The van der Waals surface area contributed by atoms with Gasteiger partial charge in [0.25, 0.3) is 5.91 Å². The van der Waals surface area contributed by atoms with E-state index in [2.05, 4.69) is 4.98 Å². The lowest BCUT2D eigenvalue weighted by molar-refractivity contribution is -0.137. The summed E-state index contributed by atoms with van der Waals surface area (Å²) in [4.78, 5) is 31.4. The zero-order valence-corrected chi connectivity index (χ0v) is 16.7. The van der Waals surface area contributed by atoms with Gasteiger partial charge in [-0.3, -0.25) is 14.6 Å². The van der Waals surface area contributed by atoms with Gasteiger partial charge in [0.2, 0.25) is 5.78 Å². The van der Waals surface area contributed by atoms with E-state index in [9.17, 15) is 27.9 Å². The van der Waals surface area contributed by atoms with Crippen LogP contribution in [0, 0.1) is 0 Å². The fourth-order valence-electron chi connectivity index (χ4n) is 3.52. The summed E-state index contributed by atoms with van der Waals surface area (Å²) >= 11 is 1.17. The van der Waals surface area contributed by atoms with Gasteiger partial charge in [-0.1, -0.05) is 18.2 Å². The quantitative estimate of drug-likeness (QED) is 0.566. The number of carbonyl (C=O) groups excluding carboxylic acids is 2. The first-order valence-electron chi connectivity index (χ1n) is 9.15. The number of thiophene rings is 1. The zero-order chi connectivity index (χ0) is 22.2. The van der Waals surface area contributed by atoms with Gasteiger partial charge in [-0.2, -0.15) is 13.2 Å². The Labute approximate surface area is 179 Å². The molecule has 0 bridgehead atoms. The summed E-state index contributed by atoms with van der Waals surface area (Å²) < 4.78 is 39.3. The Kier molecular flexibility index (Phi) is 5.36. The summed E-state index contributed by atoms with van der Waals surface area (Å²) in [7, 11) is 0. The van der Waals surface area contributed by atoms with Crippen molar-refractivity contribution in [1.29, 1.82) is 0 Å². The maximum atomic E-state index is 13.1. The number of halogens is 3. The molecule has 1 aliphatic rings. The number of rotatable bonds is 5. The van der Waals surface area contributed by atoms with Crippen LogP contribution in [0.15, 0.2) is 77.6 Å². The number of aliphatic hydroxyl groups excluding tert-OH is 1. The summed E-state index contributed by atoms with van der Waals surface area (Å²) in [5.41, 5.74) is -0.214. The number of benzene rings is 1. The van der Waals surface area contributed by atoms with Crippen molar-refractivity contribution in [2.75, 3.05) is 0 Å². The van der Waals surface area contributed by atoms with Crippen molar-refractivity contribution < 1.29 is 27.9 Å². The van der Waals surface area contributed by atoms with Gasteiger partial charge >= 0.3 is 6.18 Å². The Morgan fingerprint density at radius 3 is 2.52 bits per heavy atom. The summed E-state index contributed by atoms with van der Waals surface area (Å²) in [6.07, 6.45) is -1.58. The SMILES string of the molecule is O=C(C1=C(O)C(=O)N(Cc2cccc(C(F)(F)F)c2)C1c1ccncc1)c1cccs1. The number of alkyl halides is 3. The van der Waals surface area contributed by atoms with Crippen LogP contribution in [0.1, 0.15) is 32.4 Å². The molecule has 0 saturated heterocycles. The molecule has 2 aromatic heterocycles.